The van der Waals surface area contributed by atoms with E-state index in [2.05, 4.69) is 218 Å². The van der Waals surface area contributed by atoms with Crippen molar-refractivity contribution in [3.63, 3.8) is 0 Å². The van der Waals surface area contributed by atoms with E-state index < -0.39 is 0 Å². The van der Waals surface area contributed by atoms with Gasteiger partial charge in [-0.3, -0.25) is 0 Å². The molecule has 0 saturated carbocycles. The first-order valence-electron chi connectivity index (χ1n) is 21.8. The molecule has 0 radical (unpaired) electrons. The van der Waals surface area contributed by atoms with Gasteiger partial charge in [0, 0.05) is 0 Å². The largest absolute Gasteiger partial charge is 0.0795 e. The van der Waals surface area contributed by atoms with Crippen LogP contribution < -0.4 is 0 Å². The number of hydrogen-bond donors (Lipinski definition) is 0. The van der Waals surface area contributed by atoms with Crippen molar-refractivity contribution in [1.82, 2.24) is 0 Å². The van der Waals surface area contributed by atoms with Gasteiger partial charge in [-0.05, 0) is 187 Å². The predicted molar refractivity (Wildman–Crippen MR) is 266 cm³/mol. The summed E-state index contributed by atoms with van der Waals surface area (Å²) < 4.78 is 0. The van der Waals surface area contributed by atoms with Crippen molar-refractivity contribution in [2.24, 2.45) is 0 Å². The molecular weight excluding hydrogens is 745 g/mol. The molecule has 0 spiro atoms. The molecule has 0 saturated heterocycles. The van der Waals surface area contributed by atoms with Gasteiger partial charge in [0.05, 0.1) is 0 Å². The van der Waals surface area contributed by atoms with Gasteiger partial charge in [-0.2, -0.15) is 0 Å². The lowest BCUT2D eigenvalue weighted by Gasteiger charge is -2.24. The zero-order valence-electron chi connectivity index (χ0n) is 34.2. The van der Waals surface area contributed by atoms with Crippen LogP contribution >= 0.6 is 0 Å². The quantitative estimate of drug-likeness (QED) is 0.147. The summed E-state index contributed by atoms with van der Waals surface area (Å²) in [6.45, 7) is 0. The van der Waals surface area contributed by atoms with Crippen LogP contribution in [0.2, 0.25) is 0 Å². The lowest BCUT2D eigenvalue weighted by Crippen LogP contribution is -2.03. The van der Waals surface area contributed by atoms with Gasteiger partial charge in [0.15, 0.2) is 0 Å². The number of hydrogen-bond acceptors (Lipinski definition) is 0. The molecule has 0 aliphatic heterocycles. The molecular formula is C62H40. The summed E-state index contributed by atoms with van der Waals surface area (Å²) in [5.74, 6) is 0. The number of benzene rings is 11. The number of allylic oxidation sites excluding steroid dienone is 3. The lowest BCUT2D eigenvalue weighted by atomic mass is 9.79. The highest BCUT2D eigenvalue weighted by Gasteiger charge is 2.22. The zero-order valence-corrected chi connectivity index (χ0v) is 34.2. The van der Waals surface area contributed by atoms with Crippen LogP contribution in [-0.2, 0) is 6.42 Å². The van der Waals surface area contributed by atoms with Crippen LogP contribution in [0.1, 0.15) is 23.1 Å². The third kappa shape index (κ3) is 5.61. The summed E-state index contributed by atoms with van der Waals surface area (Å²) in [7, 11) is 0. The van der Waals surface area contributed by atoms with Gasteiger partial charge in [-0.25, -0.2) is 0 Å². The Bertz CT molecular complexity index is 3640. The molecule has 2 aliphatic rings. The Labute approximate surface area is 361 Å². The minimum atomic E-state index is 0.988. The van der Waals surface area contributed by atoms with Crippen molar-refractivity contribution >= 4 is 54.7 Å². The standard InChI is InChI=1S/C62H40/c1-3-10-39(11-4-1)49-33-51(37-53(35-49)55-28-24-45-22-20-41-14-7-16-43-26-30-57(55)61(45)59(41)43)47-18-9-19-48(32-47)52-34-50(40-12-5-2-6-13-40)36-54(38-52)56-29-25-46-23-21-42-15-8-17-44-27-31-58(56)62(46)60(42)44/h1-14,16-22,24-38H,15,23H2. The molecule has 0 amide bonds. The Balaban J connectivity index is 0.989. The smallest absolute Gasteiger partial charge is 0.00206 e. The average Bonchev–Trinajstić information content (AvgIpc) is 3.35. The van der Waals surface area contributed by atoms with Crippen molar-refractivity contribution in [3.05, 3.63) is 229 Å². The van der Waals surface area contributed by atoms with E-state index in [0.717, 1.165) is 12.8 Å². The van der Waals surface area contributed by atoms with E-state index >= 15 is 0 Å². The summed E-state index contributed by atoms with van der Waals surface area (Å²) in [4.78, 5) is 0. The first kappa shape index (κ1) is 35.0. The van der Waals surface area contributed by atoms with Crippen molar-refractivity contribution in [2.45, 2.75) is 12.8 Å². The van der Waals surface area contributed by atoms with Gasteiger partial charge in [-0.1, -0.05) is 176 Å². The Morgan fingerprint density at radius 2 is 0.790 bits per heavy atom. The maximum absolute atomic E-state index is 2.44. The summed E-state index contributed by atoms with van der Waals surface area (Å²) >= 11 is 0. The molecule has 11 aromatic carbocycles. The molecule has 0 heterocycles. The fourth-order valence-corrected chi connectivity index (χ4v) is 10.6. The molecule has 0 bridgehead atoms. The molecule has 62 heavy (non-hydrogen) atoms. The van der Waals surface area contributed by atoms with E-state index in [0.29, 0.717) is 0 Å². The van der Waals surface area contributed by atoms with E-state index in [9.17, 15) is 0 Å². The summed E-state index contributed by atoms with van der Waals surface area (Å²) in [5.41, 5.74) is 20.3. The minimum absolute atomic E-state index is 0.988. The Hall–Kier alpha value is -7.80. The normalized spacial score (nSPS) is 13.1. The second kappa shape index (κ2) is 13.9. The van der Waals surface area contributed by atoms with Gasteiger partial charge in [0.1, 0.15) is 0 Å². The van der Waals surface area contributed by atoms with Gasteiger partial charge < -0.3 is 0 Å². The maximum atomic E-state index is 2.44. The molecule has 0 aromatic heterocycles. The van der Waals surface area contributed by atoms with Crippen molar-refractivity contribution in [1.29, 1.82) is 0 Å². The third-order valence-corrected chi connectivity index (χ3v) is 13.6. The van der Waals surface area contributed by atoms with E-state index in [4.69, 9.17) is 0 Å². The highest BCUT2D eigenvalue weighted by molar-refractivity contribution is 6.25. The first-order chi connectivity index (χ1) is 30.7. The Kier molecular flexibility index (Phi) is 7.84. The van der Waals surface area contributed by atoms with E-state index in [1.54, 1.807) is 0 Å². The summed E-state index contributed by atoms with van der Waals surface area (Å²) in [5, 5.41) is 10.6. The fourth-order valence-electron chi connectivity index (χ4n) is 10.6. The second-order valence-electron chi connectivity index (χ2n) is 17.1. The van der Waals surface area contributed by atoms with Crippen LogP contribution in [0.5, 0.6) is 0 Å². The van der Waals surface area contributed by atoms with Crippen LogP contribution in [-0.4, -0.2) is 0 Å². The minimum Gasteiger partial charge on any atom is -0.0795 e. The van der Waals surface area contributed by atoms with Gasteiger partial charge >= 0.3 is 0 Å². The maximum Gasteiger partial charge on any atom is -0.00206 e. The van der Waals surface area contributed by atoms with Crippen LogP contribution in [0.25, 0.3) is 122 Å². The summed E-state index contributed by atoms with van der Waals surface area (Å²) in [6, 6.07) is 75.0. The van der Waals surface area contributed by atoms with Crippen molar-refractivity contribution in [3.8, 4) is 66.8 Å². The van der Waals surface area contributed by atoms with E-state index in [-0.39, 0.29) is 0 Å². The first-order valence-corrected chi connectivity index (χ1v) is 21.8. The van der Waals surface area contributed by atoms with E-state index in [1.807, 2.05) is 0 Å². The van der Waals surface area contributed by atoms with Crippen LogP contribution in [0.15, 0.2) is 212 Å². The Morgan fingerprint density at radius 3 is 1.45 bits per heavy atom. The van der Waals surface area contributed by atoms with Crippen molar-refractivity contribution < 1.29 is 0 Å². The van der Waals surface area contributed by atoms with Crippen LogP contribution in [0.4, 0.5) is 0 Å². The molecule has 0 atom stereocenters. The molecule has 11 aromatic rings. The lowest BCUT2D eigenvalue weighted by molar-refractivity contribution is 1.23. The van der Waals surface area contributed by atoms with E-state index in [1.165, 1.54) is 132 Å². The highest BCUT2D eigenvalue weighted by atomic mass is 14.3. The molecule has 13 rings (SSSR count). The molecule has 288 valence electrons. The van der Waals surface area contributed by atoms with Crippen LogP contribution in [0, 0.1) is 0 Å². The predicted octanol–water partition coefficient (Wildman–Crippen LogP) is 17.1. The van der Waals surface area contributed by atoms with Gasteiger partial charge in [0.25, 0.3) is 0 Å². The molecule has 0 heteroatoms. The topological polar surface area (TPSA) is 0 Å². The monoisotopic (exact) mass is 784 g/mol. The van der Waals surface area contributed by atoms with Crippen molar-refractivity contribution in [2.75, 3.05) is 0 Å². The Morgan fingerprint density at radius 1 is 0.306 bits per heavy atom. The molecule has 0 N–H and O–H groups in total. The van der Waals surface area contributed by atoms with Gasteiger partial charge in [0.2, 0.25) is 0 Å². The molecule has 0 unspecified atom stereocenters. The second-order valence-corrected chi connectivity index (χ2v) is 17.1. The van der Waals surface area contributed by atoms with Crippen LogP contribution in [0.3, 0.4) is 0 Å². The SMILES string of the molecule is C1=Cc2ccc3c(-c4cc(-c5ccccc5)cc(-c5cccc(-c6cc(-c7ccccc7)cc(-c7ccc8ccc9cccc%10ccc7c8c9%10)c6)c5)c4)ccc4c3c2C(=CC4)C1. The summed E-state index contributed by atoms with van der Waals surface area (Å²) in [6.07, 6.45) is 9.05. The fraction of sp³-hybridized carbons (Fsp3) is 0.0323. The number of rotatable bonds is 6. The average molecular weight is 785 g/mol. The highest BCUT2D eigenvalue weighted by Crippen LogP contribution is 2.46. The molecule has 2 aliphatic carbocycles. The third-order valence-electron chi connectivity index (χ3n) is 13.6. The van der Waals surface area contributed by atoms with Gasteiger partial charge in [-0.15, -0.1) is 0 Å². The molecule has 0 fully saturated rings. The zero-order chi connectivity index (χ0) is 40.7. The molecule has 0 nitrogen and oxygen atoms in total.